The molecule has 1 atom stereocenters. The second-order valence-electron chi connectivity index (χ2n) is 8.88. The van der Waals surface area contributed by atoms with Crippen molar-refractivity contribution in [2.75, 3.05) is 7.11 Å². The van der Waals surface area contributed by atoms with Crippen LogP contribution >= 0.6 is 0 Å². The van der Waals surface area contributed by atoms with Gasteiger partial charge < -0.3 is 19.9 Å². The lowest BCUT2D eigenvalue weighted by atomic mass is 10.1. The fourth-order valence-electron chi connectivity index (χ4n) is 3.82. The van der Waals surface area contributed by atoms with Gasteiger partial charge >= 0.3 is 5.97 Å². The van der Waals surface area contributed by atoms with Gasteiger partial charge in [0.2, 0.25) is 5.91 Å². The number of hydrogen-bond acceptors (Lipinski definition) is 5. The number of hydrogen-bond donors (Lipinski definition) is 2. The van der Waals surface area contributed by atoms with Crippen molar-refractivity contribution >= 4 is 11.9 Å². The molecular formula is C28H45NO5. The van der Waals surface area contributed by atoms with Crippen molar-refractivity contribution in [1.82, 2.24) is 5.32 Å². The first kappa shape index (κ1) is 29.5. The van der Waals surface area contributed by atoms with Crippen LogP contribution in [0.4, 0.5) is 0 Å². The second kappa shape index (κ2) is 18.9. The Morgan fingerprint density at radius 1 is 1.03 bits per heavy atom. The number of methoxy groups -OCH3 is 1. The van der Waals surface area contributed by atoms with Gasteiger partial charge in [-0.15, -0.1) is 0 Å². The Labute approximate surface area is 206 Å². The first-order valence-corrected chi connectivity index (χ1v) is 12.9. The highest BCUT2D eigenvalue weighted by molar-refractivity contribution is 5.75. The number of unbranched alkanes of at least 4 members (excludes halogenated alkanes) is 8. The number of carbonyl (C=O) groups excluding carboxylic acids is 2. The van der Waals surface area contributed by atoms with Crippen LogP contribution in [0, 0.1) is 0 Å². The zero-order chi connectivity index (χ0) is 25.0. The quantitative estimate of drug-likeness (QED) is 0.134. The molecule has 6 heteroatoms. The van der Waals surface area contributed by atoms with E-state index in [0.717, 1.165) is 63.4 Å². The summed E-state index contributed by atoms with van der Waals surface area (Å²) in [5.74, 6) is 0.362. The minimum Gasteiger partial charge on any atom is -0.504 e. The van der Waals surface area contributed by atoms with Crippen molar-refractivity contribution in [2.45, 2.75) is 110 Å². The number of phenolic OH excluding ortho intramolecular Hbond substituents is 1. The Hall–Kier alpha value is -2.50. The lowest BCUT2D eigenvalue weighted by Gasteiger charge is -2.15. The third-order valence-electron chi connectivity index (χ3n) is 5.79. The normalized spacial score (nSPS) is 12.0. The molecule has 1 rings (SSSR count). The van der Waals surface area contributed by atoms with E-state index in [0.29, 0.717) is 18.7 Å². The Bertz CT molecular complexity index is 732. The predicted octanol–water partition coefficient (Wildman–Crippen LogP) is 6.60. The average molecular weight is 476 g/mol. The third kappa shape index (κ3) is 14.6. The molecule has 0 aromatic heterocycles. The summed E-state index contributed by atoms with van der Waals surface area (Å²) in [5.41, 5.74) is 0.895. The first-order chi connectivity index (χ1) is 16.5. The number of phenols is 1. The minimum absolute atomic E-state index is 0.00724. The SMILES string of the molecule is CCCCCC[C@H](C/C=C/CCCCCCCC(=O)NCc1ccc(O)c(OC)c1)OC(C)=O. The van der Waals surface area contributed by atoms with Crippen molar-refractivity contribution in [3.8, 4) is 11.5 Å². The molecule has 0 bridgehead atoms. The smallest absolute Gasteiger partial charge is 0.302 e. The largest absolute Gasteiger partial charge is 0.504 e. The molecule has 0 aliphatic rings. The molecule has 1 aromatic rings. The number of amides is 1. The average Bonchev–Trinajstić information content (AvgIpc) is 2.81. The van der Waals surface area contributed by atoms with Crippen LogP contribution in [-0.4, -0.2) is 30.2 Å². The summed E-state index contributed by atoms with van der Waals surface area (Å²) < 4.78 is 10.5. The van der Waals surface area contributed by atoms with E-state index < -0.39 is 0 Å². The molecule has 0 unspecified atom stereocenters. The van der Waals surface area contributed by atoms with Crippen LogP contribution in [0.3, 0.4) is 0 Å². The number of aromatic hydroxyl groups is 1. The lowest BCUT2D eigenvalue weighted by molar-refractivity contribution is -0.146. The minimum atomic E-state index is -0.192. The molecule has 0 aliphatic heterocycles. The van der Waals surface area contributed by atoms with E-state index in [-0.39, 0.29) is 23.7 Å². The van der Waals surface area contributed by atoms with E-state index in [9.17, 15) is 14.7 Å². The predicted molar refractivity (Wildman–Crippen MR) is 137 cm³/mol. The van der Waals surface area contributed by atoms with Gasteiger partial charge in [-0.1, -0.05) is 63.7 Å². The van der Waals surface area contributed by atoms with Crippen molar-refractivity contribution in [3.05, 3.63) is 35.9 Å². The number of ether oxygens (including phenoxy) is 2. The van der Waals surface area contributed by atoms with E-state index in [2.05, 4.69) is 24.4 Å². The fraction of sp³-hybridized carbons (Fsp3) is 0.643. The van der Waals surface area contributed by atoms with E-state index in [4.69, 9.17) is 9.47 Å². The molecule has 6 nitrogen and oxygen atoms in total. The van der Waals surface area contributed by atoms with Gasteiger partial charge in [0.15, 0.2) is 11.5 Å². The summed E-state index contributed by atoms with van der Waals surface area (Å²) in [6.45, 7) is 4.11. The zero-order valence-corrected chi connectivity index (χ0v) is 21.4. The van der Waals surface area contributed by atoms with Gasteiger partial charge in [0.1, 0.15) is 6.10 Å². The number of carbonyl (C=O) groups is 2. The monoisotopic (exact) mass is 475 g/mol. The molecular weight excluding hydrogens is 430 g/mol. The third-order valence-corrected chi connectivity index (χ3v) is 5.79. The molecule has 192 valence electrons. The van der Waals surface area contributed by atoms with Crippen LogP contribution in [-0.2, 0) is 20.9 Å². The van der Waals surface area contributed by atoms with E-state index in [1.54, 1.807) is 18.2 Å². The molecule has 2 N–H and O–H groups in total. The molecule has 0 aliphatic carbocycles. The fourth-order valence-corrected chi connectivity index (χ4v) is 3.82. The van der Waals surface area contributed by atoms with Gasteiger partial charge in [0, 0.05) is 26.3 Å². The molecule has 0 saturated heterocycles. The molecule has 34 heavy (non-hydrogen) atoms. The highest BCUT2D eigenvalue weighted by atomic mass is 16.5. The Kier molecular flexibility index (Phi) is 16.4. The van der Waals surface area contributed by atoms with Gasteiger partial charge in [-0.3, -0.25) is 9.59 Å². The molecule has 0 saturated carbocycles. The van der Waals surface area contributed by atoms with Gasteiger partial charge in [-0.05, 0) is 49.8 Å². The van der Waals surface area contributed by atoms with Gasteiger partial charge in [0.25, 0.3) is 0 Å². The van der Waals surface area contributed by atoms with Crippen LogP contribution < -0.4 is 10.1 Å². The molecule has 0 spiro atoms. The zero-order valence-electron chi connectivity index (χ0n) is 21.4. The van der Waals surface area contributed by atoms with Crippen molar-refractivity contribution in [3.63, 3.8) is 0 Å². The Morgan fingerprint density at radius 3 is 2.50 bits per heavy atom. The van der Waals surface area contributed by atoms with Crippen molar-refractivity contribution < 1.29 is 24.2 Å². The second-order valence-corrected chi connectivity index (χ2v) is 8.88. The Balaban J connectivity index is 2.07. The summed E-state index contributed by atoms with van der Waals surface area (Å²) in [4.78, 5) is 23.3. The topological polar surface area (TPSA) is 84.9 Å². The van der Waals surface area contributed by atoms with Crippen LogP contribution in [0.5, 0.6) is 11.5 Å². The maximum atomic E-state index is 12.0. The van der Waals surface area contributed by atoms with Gasteiger partial charge in [-0.2, -0.15) is 0 Å². The first-order valence-electron chi connectivity index (χ1n) is 12.9. The highest BCUT2D eigenvalue weighted by Crippen LogP contribution is 2.26. The van der Waals surface area contributed by atoms with Crippen molar-refractivity contribution in [2.24, 2.45) is 0 Å². The molecule has 0 fully saturated rings. The lowest BCUT2D eigenvalue weighted by Crippen LogP contribution is -2.22. The maximum absolute atomic E-state index is 12.0. The Morgan fingerprint density at radius 2 is 1.76 bits per heavy atom. The maximum Gasteiger partial charge on any atom is 0.302 e. The van der Waals surface area contributed by atoms with Crippen LogP contribution in [0.1, 0.15) is 103 Å². The molecule has 1 amide bonds. The standard InChI is InChI=1S/C28H45NO5/c1-4-5-6-13-16-25(34-23(2)30)17-14-11-9-7-8-10-12-15-18-28(32)29-22-24-19-20-26(31)27(21-24)33-3/h11,14,19-21,25,31H,4-10,12-13,15-18,22H2,1-3H3,(H,29,32)/b14-11+/t25-/m1/s1. The summed E-state index contributed by atoms with van der Waals surface area (Å²) >= 11 is 0. The summed E-state index contributed by atoms with van der Waals surface area (Å²) in [7, 11) is 1.51. The molecule has 0 radical (unpaired) electrons. The number of rotatable bonds is 19. The number of benzene rings is 1. The molecule has 1 aromatic carbocycles. The van der Waals surface area contributed by atoms with E-state index >= 15 is 0 Å². The molecule has 0 heterocycles. The number of esters is 1. The highest BCUT2D eigenvalue weighted by Gasteiger charge is 2.10. The summed E-state index contributed by atoms with van der Waals surface area (Å²) in [6.07, 6.45) is 17.8. The van der Waals surface area contributed by atoms with E-state index in [1.165, 1.54) is 33.3 Å². The summed E-state index contributed by atoms with van der Waals surface area (Å²) in [6, 6.07) is 5.08. The van der Waals surface area contributed by atoms with Gasteiger partial charge in [0.05, 0.1) is 7.11 Å². The van der Waals surface area contributed by atoms with Crippen LogP contribution in [0.25, 0.3) is 0 Å². The number of allylic oxidation sites excluding steroid dienone is 1. The summed E-state index contributed by atoms with van der Waals surface area (Å²) in [5, 5.41) is 12.5. The number of nitrogens with one attached hydrogen (secondary N) is 1. The van der Waals surface area contributed by atoms with Crippen LogP contribution in [0.2, 0.25) is 0 Å². The van der Waals surface area contributed by atoms with Gasteiger partial charge in [-0.25, -0.2) is 0 Å². The van der Waals surface area contributed by atoms with Crippen molar-refractivity contribution in [1.29, 1.82) is 0 Å². The van der Waals surface area contributed by atoms with E-state index in [1.807, 2.05) is 0 Å². The van der Waals surface area contributed by atoms with Crippen LogP contribution in [0.15, 0.2) is 30.4 Å².